The molecule has 0 bridgehead atoms. The standard InChI is InChI=1S/C31H51N7O8S/c1-17(2)14-22(30(44)35-20(6)28(42)38-24(31(45)46)15-18(3)4)36-26(40)10-11-33-25(39)9-12-34-29(43)23(37-27(41)19(5)32)16-21-8-7-13-47-21/h7-8,13,17-20,22-24H,9-12,14-16,32H2,1-6H3,(H,33,39)(H,34,43)(H,35,44)(H,36,40)(H,37,41)(H,38,42)(H,45,46)/t19-,20+,22+,23+,24+/m1/s1. The van der Waals surface area contributed by atoms with Crippen LogP contribution in [0.1, 0.15) is 72.1 Å². The lowest BCUT2D eigenvalue weighted by Gasteiger charge is -2.24. The first kappa shape index (κ1) is 41.0. The molecule has 0 saturated carbocycles. The Morgan fingerprint density at radius 2 is 1.28 bits per heavy atom. The maximum absolute atomic E-state index is 13.0. The van der Waals surface area contributed by atoms with Gasteiger partial charge in [-0.2, -0.15) is 0 Å². The van der Waals surface area contributed by atoms with E-state index < -0.39 is 71.6 Å². The summed E-state index contributed by atoms with van der Waals surface area (Å²) in [4.78, 5) is 87.7. The molecule has 1 aromatic heterocycles. The maximum Gasteiger partial charge on any atom is 0.326 e. The van der Waals surface area contributed by atoms with E-state index >= 15 is 0 Å². The molecule has 1 aromatic rings. The van der Waals surface area contributed by atoms with E-state index in [-0.39, 0.29) is 57.0 Å². The summed E-state index contributed by atoms with van der Waals surface area (Å²) in [5.74, 6) is -4.24. The van der Waals surface area contributed by atoms with Crippen molar-refractivity contribution in [3.8, 4) is 0 Å². The number of hydrogen-bond donors (Lipinski definition) is 8. The highest BCUT2D eigenvalue weighted by Gasteiger charge is 2.28. The largest absolute Gasteiger partial charge is 0.480 e. The third kappa shape index (κ3) is 16.9. The van der Waals surface area contributed by atoms with E-state index in [9.17, 15) is 38.7 Å². The van der Waals surface area contributed by atoms with Crippen LogP contribution in [-0.4, -0.2) is 89.8 Å². The van der Waals surface area contributed by atoms with Crippen LogP contribution >= 0.6 is 11.3 Å². The van der Waals surface area contributed by atoms with Gasteiger partial charge in [-0.15, -0.1) is 11.3 Å². The summed E-state index contributed by atoms with van der Waals surface area (Å²) in [6.07, 6.45) is 0.579. The minimum Gasteiger partial charge on any atom is -0.480 e. The number of thiophene rings is 1. The van der Waals surface area contributed by atoms with E-state index in [1.165, 1.54) is 25.2 Å². The van der Waals surface area contributed by atoms with Crippen molar-refractivity contribution in [1.29, 1.82) is 0 Å². The molecule has 0 fully saturated rings. The first-order chi connectivity index (χ1) is 22.0. The molecule has 264 valence electrons. The van der Waals surface area contributed by atoms with Gasteiger partial charge in [-0.25, -0.2) is 4.79 Å². The molecule has 0 aliphatic rings. The van der Waals surface area contributed by atoms with Crippen LogP contribution in [0.2, 0.25) is 0 Å². The minimum atomic E-state index is -1.17. The number of rotatable bonds is 21. The van der Waals surface area contributed by atoms with Crippen LogP contribution < -0.4 is 37.6 Å². The summed E-state index contributed by atoms with van der Waals surface area (Å²) >= 11 is 1.44. The quantitative estimate of drug-likeness (QED) is 0.0855. The van der Waals surface area contributed by atoms with Crippen LogP contribution in [0, 0.1) is 11.8 Å². The highest BCUT2D eigenvalue weighted by Crippen LogP contribution is 2.12. The molecule has 0 aliphatic carbocycles. The Bertz CT molecular complexity index is 1210. The molecule has 0 aliphatic heterocycles. The maximum atomic E-state index is 13.0. The highest BCUT2D eigenvalue weighted by atomic mass is 32.1. The number of aliphatic carboxylic acids is 1. The van der Waals surface area contributed by atoms with Gasteiger partial charge >= 0.3 is 5.97 Å². The van der Waals surface area contributed by atoms with Gasteiger partial charge in [0, 0.05) is 37.2 Å². The summed E-state index contributed by atoms with van der Waals surface area (Å²) in [6, 6.07) is -1.08. The molecule has 0 saturated heterocycles. The predicted molar refractivity (Wildman–Crippen MR) is 177 cm³/mol. The second-order valence-corrected chi connectivity index (χ2v) is 13.3. The molecule has 15 nitrogen and oxygen atoms in total. The molecular formula is C31H51N7O8S. The van der Waals surface area contributed by atoms with Gasteiger partial charge in [0.25, 0.3) is 0 Å². The average Bonchev–Trinajstić information content (AvgIpc) is 3.48. The summed E-state index contributed by atoms with van der Waals surface area (Å²) in [6.45, 7) is 10.3. The topological polar surface area (TPSA) is 238 Å². The number of hydrogen-bond acceptors (Lipinski definition) is 9. The van der Waals surface area contributed by atoms with Crippen molar-refractivity contribution >= 4 is 52.7 Å². The minimum absolute atomic E-state index is 0.00106. The fourth-order valence-corrected chi connectivity index (χ4v) is 5.06. The van der Waals surface area contributed by atoms with Crippen LogP contribution in [-0.2, 0) is 40.0 Å². The van der Waals surface area contributed by atoms with Crippen molar-refractivity contribution in [2.75, 3.05) is 13.1 Å². The lowest BCUT2D eigenvalue weighted by molar-refractivity contribution is -0.142. The summed E-state index contributed by atoms with van der Waals surface area (Å²) in [5, 5.41) is 26.7. The molecule has 0 radical (unpaired) electrons. The Morgan fingerprint density at radius 1 is 0.702 bits per heavy atom. The Labute approximate surface area is 279 Å². The zero-order valence-corrected chi connectivity index (χ0v) is 28.8. The van der Waals surface area contributed by atoms with Gasteiger partial charge in [0.2, 0.25) is 35.4 Å². The van der Waals surface area contributed by atoms with Gasteiger partial charge in [-0.05, 0) is 50.0 Å². The second-order valence-electron chi connectivity index (χ2n) is 12.3. The van der Waals surface area contributed by atoms with Crippen molar-refractivity contribution < 1.29 is 38.7 Å². The first-order valence-corrected chi connectivity index (χ1v) is 16.6. The monoisotopic (exact) mass is 681 g/mol. The first-order valence-electron chi connectivity index (χ1n) is 15.8. The SMILES string of the molecule is CC(C)C[C@H](NC(=O)[C@H](C)NC(=O)[C@H](CC(C)C)NC(=O)CCNC(=O)CCNC(=O)[C@H](Cc1cccs1)NC(=O)[C@@H](C)N)C(=O)O. The Hall–Kier alpha value is -4.05. The highest BCUT2D eigenvalue weighted by molar-refractivity contribution is 7.09. The fourth-order valence-electron chi connectivity index (χ4n) is 4.31. The Kier molecular flexibility index (Phi) is 18.3. The third-order valence-corrected chi connectivity index (χ3v) is 7.69. The van der Waals surface area contributed by atoms with Gasteiger partial charge in [-0.3, -0.25) is 28.8 Å². The van der Waals surface area contributed by atoms with E-state index in [0.29, 0.717) is 0 Å². The summed E-state index contributed by atoms with van der Waals surface area (Å²) < 4.78 is 0. The van der Waals surface area contributed by atoms with E-state index in [2.05, 4.69) is 31.9 Å². The molecular weight excluding hydrogens is 630 g/mol. The normalized spacial score (nSPS) is 14.2. The Balaban J connectivity index is 2.56. The molecule has 16 heteroatoms. The second kappa shape index (κ2) is 20.9. The number of amides is 6. The van der Waals surface area contributed by atoms with Crippen LogP contribution in [0.25, 0.3) is 0 Å². The number of nitrogens with two attached hydrogens (primary N) is 1. The molecule has 0 unspecified atom stereocenters. The van der Waals surface area contributed by atoms with E-state index in [1.54, 1.807) is 0 Å². The number of nitrogens with one attached hydrogen (secondary N) is 6. The van der Waals surface area contributed by atoms with Crippen LogP contribution in [0.3, 0.4) is 0 Å². The molecule has 1 heterocycles. The predicted octanol–water partition coefficient (Wildman–Crippen LogP) is -0.214. The van der Waals surface area contributed by atoms with Gasteiger partial charge in [0.05, 0.1) is 6.04 Å². The fraction of sp³-hybridized carbons (Fsp3) is 0.645. The zero-order chi connectivity index (χ0) is 35.7. The smallest absolute Gasteiger partial charge is 0.326 e. The van der Waals surface area contributed by atoms with E-state index in [4.69, 9.17) is 5.73 Å². The van der Waals surface area contributed by atoms with Crippen molar-refractivity contribution in [2.45, 2.75) is 104 Å². The van der Waals surface area contributed by atoms with Crippen molar-refractivity contribution in [1.82, 2.24) is 31.9 Å². The van der Waals surface area contributed by atoms with Gasteiger partial charge in [0.1, 0.15) is 24.2 Å². The van der Waals surface area contributed by atoms with E-state index in [1.807, 2.05) is 45.2 Å². The summed E-state index contributed by atoms with van der Waals surface area (Å²) in [7, 11) is 0. The van der Waals surface area contributed by atoms with Crippen molar-refractivity contribution in [2.24, 2.45) is 17.6 Å². The zero-order valence-electron chi connectivity index (χ0n) is 28.0. The molecule has 6 amide bonds. The molecule has 0 aromatic carbocycles. The lowest BCUT2D eigenvalue weighted by atomic mass is 10.0. The third-order valence-electron chi connectivity index (χ3n) is 6.79. The van der Waals surface area contributed by atoms with Crippen LogP contribution in [0.5, 0.6) is 0 Å². The van der Waals surface area contributed by atoms with E-state index in [0.717, 1.165) is 4.88 Å². The molecule has 1 rings (SSSR count). The van der Waals surface area contributed by atoms with Crippen LogP contribution in [0.15, 0.2) is 17.5 Å². The summed E-state index contributed by atoms with van der Waals surface area (Å²) in [5.41, 5.74) is 5.62. The van der Waals surface area contributed by atoms with Crippen LogP contribution in [0.4, 0.5) is 0 Å². The number of carboxylic acids is 1. The molecule has 5 atom stereocenters. The molecule has 0 spiro atoms. The molecule has 47 heavy (non-hydrogen) atoms. The van der Waals surface area contributed by atoms with Crippen molar-refractivity contribution in [3.63, 3.8) is 0 Å². The van der Waals surface area contributed by atoms with Gasteiger partial charge in [-0.1, -0.05) is 33.8 Å². The Morgan fingerprint density at radius 3 is 1.83 bits per heavy atom. The number of carbonyl (C=O) groups is 7. The average molecular weight is 682 g/mol. The lowest BCUT2D eigenvalue weighted by Crippen LogP contribution is -2.55. The molecule has 9 N–H and O–H groups in total. The van der Waals surface area contributed by atoms with Gasteiger partial charge in [0.15, 0.2) is 0 Å². The number of carbonyl (C=O) groups excluding carboxylic acids is 6. The van der Waals surface area contributed by atoms with Crippen molar-refractivity contribution in [3.05, 3.63) is 22.4 Å². The number of carboxylic acid groups (broad SMARTS) is 1. The van der Waals surface area contributed by atoms with Gasteiger partial charge < -0.3 is 42.7 Å².